The molecule has 0 radical (unpaired) electrons. The number of aromatic carboxylic acids is 1. The summed E-state index contributed by atoms with van der Waals surface area (Å²) in [5.41, 5.74) is -0.450. The SMILES string of the molecule is CCOC(C)(C)CNC(=O)NC(C)c1nc(C(=O)O)cs1. The lowest BCUT2D eigenvalue weighted by Gasteiger charge is -2.25. The lowest BCUT2D eigenvalue weighted by molar-refractivity contribution is -0.00694. The van der Waals surface area contributed by atoms with Gasteiger partial charge in [0.2, 0.25) is 0 Å². The van der Waals surface area contributed by atoms with E-state index in [1.807, 2.05) is 20.8 Å². The highest BCUT2D eigenvalue weighted by Gasteiger charge is 2.20. The van der Waals surface area contributed by atoms with Gasteiger partial charge in [-0.1, -0.05) is 0 Å². The fraction of sp³-hybridized carbons (Fsp3) is 0.615. The molecular formula is C13H21N3O4S. The molecule has 1 aromatic heterocycles. The highest BCUT2D eigenvalue weighted by atomic mass is 32.1. The molecule has 118 valence electrons. The first-order valence-electron chi connectivity index (χ1n) is 6.62. The molecule has 1 rings (SSSR count). The van der Waals surface area contributed by atoms with Crippen molar-refractivity contribution in [1.29, 1.82) is 0 Å². The number of hydrogen-bond donors (Lipinski definition) is 3. The maximum atomic E-state index is 11.8. The van der Waals surface area contributed by atoms with Gasteiger partial charge in [-0.2, -0.15) is 0 Å². The van der Waals surface area contributed by atoms with Gasteiger partial charge in [-0.15, -0.1) is 11.3 Å². The highest BCUT2D eigenvalue weighted by Crippen LogP contribution is 2.17. The third kappa shape index (κ3) is 5.68. The molecule has 3 N–H and O–H groups in total. The maximum Gasteiger partial charge on any atom is 0.355 e. The first-order chi connectivity index (χ1) is 9.75. The van der Waals surface area contributed by atoms with E-state index in [0.29, 0.717) is 18.2 Å². The molecule has 1 aromatic rings. The van der Waals surface area contributed by atoms with Crippen LogP contribution in [-0.2, 0) is 4.74 Å². The lowest BCUT2D eigenvalue weighted by atomic mass is 10.1. The number of carbonyl (C=O) groups excluding carboxylic acids is 1. The van der Waals surface area contributed by atoms with Crippen LogP contribution >= 0.6 is 11.3 Å². The van der Waals surface area contributed by atoms with Crippen molar-refractivity contribution in [3.63, 3.8) is 0 Å². The zero-order valence-corrected chi connectivity index (χ0v) is 13.4. The molecule has 0 fully saturated rings. The van der Waals surface area contributed by atoms with Gasteiger partial charge in [0, 0.05) is 18.5 Å². The van der Waals surface area contributed by atoms with Crippen molar-refractivity contribution in [2.24, 2.45) is 0 Å². The Morgan fingerprint density at radius 3 is 2.71 bits per heavy atom. The number of nitrogens with one attached hydrogen (secondary N) is 2. The molecule has 2 amide bonds. The van der Waals surface area contributed by atoms with Gasteiger partial charge >= 0.3 is 12.0 Å². The number of ether oxygens (including phenoxy) is 1. The van der Waals surface area contributed by atoms with Gasteiger partial charge < -0.3 is 20.5 Å². The van der Waals surface area contributed by atoms with Crippen LogP contribution in [0.5, 0.6) is 0 Å². The number of urea groups is 1. The molecule has 1 unspecified atom stereocenters. The van der Waals surface area contributed by atoms with Crippen molar-refractivity contribution in [2.75, 3.05) is 13.2 Å². The molecule has 0 saturated carbocycles. The Hall–Kier alpha value is -1.67. The first kappa shape index (κ1) is 17.4. The number of rotatable bonds is 7. The van der Waals surface area contributed by atoms with Gasteiger partial charge in [0.15, 0.2) is 5.69 Å². The summed E-state index contributed by atoms with van der Waals surface area (Å²) < 4.78 is 5.48. The van der Waals surface area contributed by atoms with E-state index in [1.165, 1.54) is 16.7 Å². The molecule has 1 heterocycles. The first-order valence-corrected chi connectivity index (χ1v) is 7.50. The number of carboxylic acid groups (broad SMARTS) is 1. The van der Waals surface area contributed by atoms with Gasteiger partial charge in [0.25, 0.3) is 0 Å². The van der Waals surface area contributed by atoms with E-state index in [-0.39, 0.29) is 17.8 Å². The topological polar surface area (TPSA) is 101 Å². The lowest BCUT2D eigenvalue weighted by Crippen LogP contribution is -2.45. The number of carboxylic acids is 1. The Labute approximate surface area is 127 Å². The van der Waals surface area contributed by atoms with Crippen LogP contribution in [0.4, 0.5) is 4.79 Å². The molecule has 0 bridgehead atoms. The fourth-order valence-corrected chi connectivity index (χ4v) is 2.43. The smallest absolute Gasteiger partial charge is 0.355 e. The zero-order chi connectivity index (χ0) is 16.0. The van der Waals surface area contributed by atoms with E-state index in [2.05, 4.69) is 15.6 Å². The number of thiazole rings is 1. The van der Waals surface area contributed by atoms with E-state index < -0.39 is 11.6 Å². The highest BCUT2D eigenvalue weighted by molar-refractivity contribution is 7.09. The Morgan fingerprint density at radius 1 is 1.52 bits per heavy atom. The fourth-order valence-electron chi connectivity index (χ4n) is 1.63. The summed E-state index contributed by atoms with van der Waals surface area (Å²) >= 11 is 1.20. The van der Waals surface area contributed by atoms with Gasteiger partial charge in [-0.3, -0.25) is 0 Å². The normalized spacial score (nSPS) is 12.8. The van der Waals surface area contributed by atoms with Gasteiger partial charge in [-0.25, -0.2) is 14.6 Å². The van der Waals surface area contributed by atoms with Crippen LogP contribution < -0.4 is 10.6 Å². The summed E-state index contributed by atoms with van der Waals surface area (Å²) in [5, 5.41) is 16.3. The van der Waals surface area contributed by atoms with Crippen molar-refractivity contribution in [3.05, 3.63) is 16.1 Å². The summed E-state index contributed by atoms with van der Waals surface area (Å²) in [6, 6.07) is -0.708. The monoisotopic (exact) mass is 315 g/mol. The van der Waals surface area contributed by atoms with E-state index in [9.17, 15) is 9.59 Å². The van der Waals surface area contributed by atoms with E-state index in [1.54, 1.807) is 6.92 Å². The molecule has 0 aromatic carbocycles. The van der Waals surface area contributed by atoms with Gasteiger partial charge in [0.1, 0.15) is 5.01 Å². The molecule has 0 saturated heterocycles. The summed E-state index contributed by atoms with van der Waals surface area (Å²) in [7, 11) is 0. The third-order valence-corrected chi connectivity index (χ3v) is 3.70. The van der Waals surface area contributed by atoms with Crippen molar-refractivity contribution in [3.8, 4) is 0 Å². The molecule has 0 aliphatic rings. The molecule has 1 atom stereocenters. The molecule has 7 nitrogen and oxygen atoms in total. The van der Waals surface area contributed by atoms with Crippen LogP contribution in [0.1, 0.15) is 49.2 Å². The molecular weight excluding hydrogens is 294 g/mol. The maximum absolute atomic E-state index is 11.8. The minimum absolute atomic E-state index is 0.0125. The average Bonchev–Trinajstić information content (AvgIpc) is 2.86. The molecule has 0 aliphatic carbocycles. The number of nitrogens with zero attached hydrogens (tertiary/aromatic N) is 1. The number of hydrogen-bond acceptors (Lipinski definition) is 5. The molecule has 0 spiro atoms. The summed E-state index contributed by atoms with van der Waals surface area (Å²) in [6.45, 7) is 8.37. The van der Waals surface area contributed by atoms with E-state index >= 15 is 0 Å². The molecule has 0 aliphatic heterocycles. The Kier molecular flexibility index (Phi) is 6.10. The predicted molar refractivity (Wildman–Crippen MR) is 79.7 cm³/mol. The summed E-state index contributed by atoms with van der Waals surface area (Å²) in [4.78, 5) is 26.5. The van der Waals surface area contributed by atoms with Crippen LogP contribution in [0.15, 0.2) is 5.38 Å². The minimum atomic E-state index is -1.08. The predicted octanol–water partition coefficient (Wildman–Crippen LogP) is 2.02. The van der Waals surface area contributed by atoms with Crippen molar-refractivity contribution in [2.45, 2.75) is 39.3 Å². The number of carbonyl (C=O) groups is 2. The number of amides is 2. The van der Waals surface area contributed by atoms with Crippen LogP contribution in [0.3, 0.4) is 0 Å². The second kappa shape index (κ2) is 7.37. The largest absolute Gasteiger partial charge is 0.476 e. The second-order valence-electron chi connectivity index (χ2n) is 5.12. The zero-order valence-electron chi connectivity index (χ0n) is 12.6. The minimum Gasteiger partial charge on any atom is -0.476 e. The second-order valence-corrected chi connectivity index (χ2v) is 6.01. The Bertz CT molecular complexity index is 501. The van der Waals surface area contributed by atoms with Crippen molar-refractivity contribution >= 4 is 23.3 Å². The molecule has 8 heteroatoms. The summed E-state index contributed by atoms with van der Waals surface area (Å²) in [6.07, 6.45) is 0. The van der Waals surface area contributed by atoms with Crippen LogP contribution in [0, 0.1) is 0 Å². The van der Waals surface area contributed by atoms with E-state index in [4.69, 9.17) is 9.84 Å². The Morgan fingerprint density at radius 2 is 2.19 bits per heavy atom. The Balaban J connectivity index is 2.48. The van der Waals surface area contributed by atoms with Crippen molar-refractivity contribution in [1.82, 2.24) is 15.6 Å². The van der Waals surface area contributed by atoms with Crippen molar-refractivity contribution < 1.29 is 19.4 Å². The standard InChI is InChI=1S/C13H21N3O4S/c1-5-20-13(3,4)7-14-12(19)15-8(2)10-16-9(6-21-10)11(17)18/h6,8H,5,7H2,1-4H3,(H,17,18)(H2,14,15,19). The third-order valence-electron chi connectivity index (χ3n) is 2.67. The van der Waals surface area contributed by atoms with Crippen LogP contribution in [-0.4, -0.2) is 40.8 Å². The quantitative estimate of drug-likeness (QED) is 0.714. The van der Waals surface area contributed by atoms with Crippen LogP contribution in [0.25, 0.3) is 0 Å². The molecule has 21 heavy (non-hydrogen) atoms. The number of aromatic nitrogens is 1. The summed E-state index contributed by atoms with van der Waals surface area (Å²) in [5.74, 6) is -1.08. The average molecular weight is 315 g/mol. The van der Waals surface area contributed by atoms with Gasteiger partial charge in [-0.05, 0) is 27.7 Å². The van der Waals surface area contributed by atoms with E-state index in [0.717, 1.165) is 0 Å². The van der Waals surface area contributed by atoms with Crippen LogP contribution in [0.2, 0.25) is 0 Å². The van der Waals surface area contributed by atoms with Gasteiger partial charge in [0.05, 0.1) is 11.6 Å².